The molecule has 0 radical (unpaired) electrons. The van der Waals surface area contributed by atoms with Crippen LogP contribution in [0.2, 0.25) is 0 Å². The van der Waals surface area contributed by atoms with Crippen molar-refractivity contribution in [1.29, 1.82) is 0 Å². The molecule has 0 aromatic rings. The lowest BCUT2D eigenvalue weighted by Crippen LogP contribution is -2.51. The van der Waals surface area contributed by atoms with Crippen molar-refractivity contribution in [2.45, 2.75) is 118 Å². The molecule has 5 nitrogen and oxygen atoms in total. The molecule has 4 aliphatic rings. The topological polar surface area (TPSA) is 75.6 Å². The Balaban J connectivity index is 1.38. The molecular weight excluding hydrogens is 450 g/mol. The predicted molar refractivity (Wildman–Crippen MR) is 144 cm³/mol. The maximum atomic E-state index is 12.2. The first kappa shape index (κ1) is 27.5. The Hall–Kier alpha value is -1.52. The van der Waals surface area contributed by atoms with E-state index in [1.54, 1.807) is 0 Å². The van der Waals surface area contributed by atoms with E-state index in [4.69, 9.17) is 9.84 Å². The highest BCUT2D eigenvalue weighted by atomic mass is 16.6. The van der Waals surface area contributed by atoms with E-state index in [1.807, 2.05) is 0 Å². The van der Waals surface area contributed by atoms with Gasteiger partial charge in [-0.3, -0.25) is 4.79 Å². The second-order valence-corrected chi connectivity index (χ2v) is 13.6. The van der Waals surface area contributed by atoms with E-state index in [9.17, 15) is 9.59 Å². The lowest BCUT2D eigenvalue weighted by atomic mass is 9.47. The van der Waals surface area contributed by atoms with Crippen LogP contribution in [0.5, 0.6) is 0 Å². The summed E-state index contributed by atoms with van der Waals surface area (Å²) >= 11 is 0. The van der Waals surface area contributed by atoms with Crippen molar-refractivity contribution in [2.24, 2.45) is 46.3 Å². The summed E-state index contributed by atoms with van der Waals surface area (Å²) in [5.41, 5.74) is 2.26. The van der Waals surface area contributed by atoms with E-state index in [2.05, 4.69) is 46.0 Å². The molecule has 0 heterocycles. The third-order valence-electron chi connectivity index (χ3n) is 11.1. The molecule has 0 bridgehead atoms. The molecule has 36 heavy (non-hydrogen) atoms. The van der Waals surface area contributed by atoms with Crippen LogP contribution in [0.4, 0.5) is 4.79 Å². The van der Waals surface area contributed by atoms with E-state index >= 15 is 0 Å². The van der Waals surface area contributed by atoms with Crippen LogP contribution < -0.4 is 5.32 Å². The zero-order valence-electron chi connectivity index (χ0n) is 23.5. The average molecular weight is 502 g/mol. The second-order valence-electron chi connectivity index (χ2n) is 13.6. The minimum atomic E-state index is -0.914. The number of carboxylic acid groups (broad SMARTS) is 1. The molecule has 204 valence electrons. The molecule has 0 saturated heterocycles. The smallest absolute Gasteiger partial charge is 0.407 e. The van der Waals surface area contributed by atoms with Crippen LogP contribution in [-0.2, 0) is 9.53 Å². The summed E-state index contributed by atoms with van der Waals surface area (Å²) in [6.45, 7) is 12.5. The molecule has 0 aromatic carbocycles. The van der Waals surface area contributed by atoms with Crippen molar-refractivity contribution in [2.75, 3.05) is 6.54 Å². The summed E-state index contributed by atoms with van der Waals surface area (Å²) in [6, 6.07) is 0. The summed E-state index contributed by atoms with van der Waals surface area (Å²) in [6.07, 6.45) is 15.6. The number of fused-ring (bicyclic) bond motifs is 5. The van der Waals surface area contributed by atoms with Crippen LogP contribution in [-0.4, -0.2) is 29.8 Å². The van der Waals surface area contributed by atoms with Gasteiger partial charge in [-0.25, -0.2) is 4.79 Å². The summed E-state index contributed by atoms with van der Waals surface area (Å²) in [4.78, 5) is 22.8. The quantitative estimate of drug-likeness (QED) is 0.319. The number of aliphatic carboxylic acids is 1. The van der Waals surface area contributed by atoms with Gasteiger partial charge in [0.15, 0.2) is 0 Å². The Morgan fingerprint density at radius 2 is 1.86 bits per heavy atom. The highest BCUT2D eigenvalue weighted by Crippen LogP contribution is 2.67. The van der Waals surface area contributed by atoms with Crippen LogP contribution in [0, 0.1) is 46.3 Å². The van der Waals surface area contributed by atoms with Crippen molar-refractivity contribution in [1.82, 2.24) is 5.32 Å². The normalized spacial score (nSPS) is 38.4. The van der Waals surface area contributed by atoms with Gasteiger partial charge in [0, 0.05) is 13.0 Å². The standard InChI is InChI=1S/C31H51NO4/c1-20(2)7-6-8-21(3)25-11-12-26-24-10-9-22-19-23(36-29(35)32-18-15-28(33)34)13-16-30(22,4)27(24)14-17-31(25,26)5/h9,20-21,23-27H,6-8,10-19H2,1-5H3,(H,32,35)(H,33,34)/t21-,23+,24+,25-,26+,27+,30+,31-/m1/s1. The number of nitrogens with one attached hydrogen (secondary N) is 1. The van der Waals surface area contributed by atoms with Gasteiger partial charge in [-0.15, -0.1) is 0 Å². The Kier molecular flexibility index (Phi) is 8.46. The van der Waals surface area contributed by atoms with Crippen molar-refractivity contribution in [3.8, 4) is 0 Å². The summed E-state index contributed by atoms with van der Waals surface area (Å²) in [5.74, 6) is 4.06. The molecule has 2 N–H and O–H groups in total. The highest BCUT2D eigenvalue weighted by molar-refractivity contribution is 5.70. The number of carbonyl (C=O) groups excluding carboxylic acids is 1. The van der Waals surface area contributed by atoms with E-state index in [-0.39, 0.29) is 24.5 Å². The number of alkyl carbamates (subject to hydrolysis) is 1. The molecule has 0 aromatic heterocycles. The monoisotopic (exact) mass is 501 g/mol. The fourth-order valence-electron chi connectivity index (χ4n) is 9.22. The van der Waals surface area contributed by atoms with Crippen LogP contribution in [0.1, 0.15) is 112 Å². The van der Waals surface area contributed by atoms with Gasteiger partial charge >= 0.3 is 12.1 Å². The fourth-order valence-corrected chi connectivity index (χ4v) is 9.22. The maximum absolute atomic E-state index is 12.2. The lowest BCUT2D eigenvalue weighted by molar-refractivity contribution is -0.136. The molecule has 0 aliphatic heterocycles. The average Bonchev–Trinajstić information content (AvgIpc) is 3.16. The molecule has 3 fully saturated rings. The van der Waals surface area contributed by atoms with E-state index in [1.165, 1.54) is 56.9 Å². The first-order valence-electron chi connectivity index (χ1n) is 14.9. The zero-order chi connectivity index (χ0) is 26.1. The number of allylic oxidation sites excluding steroid dienone is 1. The molecule has 5 heteroatoms. The van der Waals surface area contributed by atoms with Gasteiger partial charge < -0.3 is 15.2 Å². The Labute approximate surface area is 219 Å². The number of ether oxygens (including phenoxy) is 1. The third-order valence-corrected chi connectivity index (χ3v) is 11.1. The molecular formula is C31H51NO4. The maximum Gasteiger partial charge on any atom is 0.407 e. The van der Waals surface area contributed by atoms with E-state index in [0.717, 1.165) is 54.8 Å². The van der Waals surface area contributed by atoms with Crippen LogP contribution in [0.3, 0.4) is 0 Å². The third kappa shape index (κ3) is 5.50. The summed E-state index contributed by atoms with van der Waals surface area (Å²) in [7, 11) is 0. The van der Waals surface area contributed by atoms with Crippen LogP contribution >= 0.6 is 0 Å². The first-order chi connectivity index (χ1) is 17.0. The van der Waals surface area contributed by atoms with Gasteiger partial charge in [0.25, 0.3) is 0 Å². The zero-order valence-corrected chi connectivity index (χ0v) is 23.5. The van der Waals surface area contributed by atoms with Crippen molar-refractivity contribution >= 4 is 12.1 Å². The van der Waals surface area contributed by atoms with Crippen molar-refractivity contribution in [3.05, 3.63) is 11.6 Å². The van der Waals surface area contributed by atoms with Crippen LogP contribution in [0.25, 0.3) is 0 Å². The van der Waals surface area contributed by atoms with Gasteiger partial charge in [0.05, 0.1) is 6.42 Å². The van der Waals surface area contributed by atoms with Gasteiger partial charge in [-0.2, -0.15) is 0 Å². The SMILES string of the molecule is CC(C)CCC[C@@H](C)[C@H]1CC[C@H]2[C@@H]3CC=C4C[C@@H](OC(=O)NCCC(=O)O)CC[C@]4(C)[C@H]3CC[C@]12C. The Morgan fingerprint density at radius 1 is 1.08 bits per heavy atom. The first-order valence-corrected chi connectivity index (χ1v) is 14.9. The summed E-state index contributed by atoms with van der Waals surface area (Å²) < 4.78 is 5.69. The van der Waals surface area contributed by atoms with Crippen molar-refractivity contribution < 1.29 is 19.4 Å². The Morgan fingerprint density at radius 3 is 2.58 bits per heavy atom. The molecule has 4 aliphatic carbocycles. The number of hydrogen-bond acceptors (Lipinski definition) is 3. The molecule has 0 spiro atoms. The molecule has 4 rings (SSSR count). The number of amides is 1. The minimum Gasteiger partial charge on any atom is -0.481 e. The van der Waals surface area contributed by atoms with Gasteiger partial charge in [-0.1, -0.05) is 65.5 Å². The van der Waals surface area contributed by atoms with E-state index < -0.39 is 12.1 Å². The Bertz CT molecular complexity index is 836. The molecule has 1 amide bonds. The van der Waals surface area contributed by atoms with Crippen LogP contribution in [0.15, 0.2) is 11.6 Å². The fraction of sp³-hybridized carbons (Fsp3) is 0.871. The number of carboxylic acids is 1. The van der Waals surface area contributed by atoms with Gasteiger partial charge in [-0.05, 0) is 91.3 Å². The largest absolute Gasteiger partial charge is 0.481 e. The molecule has 3 saturated carbocycles. The minimum absolute atomic E-state index is 0.0796. The molecule has 0 unspecified atom stereocenters. The highest BCUT2D eigenvalue weighted by Gasteiger charge is 2.59. The second kappa shape index (κ2) is 11.1. The van der Waals surface area contributed by atoms with Gasteiger partial charge in [0.1, 0.15) is 6.10 Å². The predicted octanol–water partition coefficient (Wildman–Crippen LogP) is 7.60. The summed E-state index contributed by atoms with van der Waals surface area (Å²) in [5, 5.41) is 11.4. The lowest BCUT2D eigenvalue weighted by Gasteiger charge is -2.58. The molecule has 8 atom stereocenters. The van der Waals surface area contributed by atoms with Crippen molar-refractivity contribution in [3.63, 3.8) is 0 Å². The van der Waals surface area contributed by atoms with E-state index in [0.29, 0.717) is 5.41 Å². The number of rotatable bonds is 9. The van der Waals surface area contributed by atoms with Gasteiger partial charge in [0.2, 0.25) is 0 Å². The number of carbonyl (C=O) groups is 2. The number of hydrogen-bond donors (Lipinski definition) is 2.